The Morgan fingerprint density at radius 3 is 1.82 bits per heavy atom. The lowest BCUT2D eigenvalue weighted by Crippen LogP contribution is -2.37. The zero-order chi connectivity index (χ0) is 24.8. The number of rotatable bonds is 11. The fourth-order valence-corrected chi connectivity index (χ4v) is 7.23. The highest BCUT2D eigenvalue weighted by Crippen LogP contribution is 2.34. The van der Waals surface area contributed by atoms with Gasteiger partial charge in [0, 0.05) is 12.3 Å². The van der Waals surface area contributed by atoms with Crippen LogP contribution in [0.1, 0.15) is 29.6 Å². The van der Waals surface area contributed by atoms with Gasteiger partial charge in [0.2, 0.25) is 0 Å². The lowest BCUT2D eigenvalue weighted by Gasteiger charge is -2.25. The van der Waals surface area contributed by atoms with Gasteiger partial charge in [-0.2, -0.15) is 3.71 Å². The monoisotopic (exact) mass is 521 g/mol. The Bertz CT molecular complexity index is 1280. The number of ketones is 1. The van der Waals surface area contributed by atoms with Gasteiger partial charge in [-0.25, -0.2) is 16.8 Å². The van der Waals surface area contributed by atoms with Gasteiger partial charge in [-0.3, -0.25) is 4.79 Å². The molecule has 10 heteroatoms. The first kappa shape index (κ1) is 25.7. The first-order chi connectivity index (χ1) is 16.2. The minimum atomic E-state index is -4.57. The number of carbonyl (C=O) groups is 1. The molecule has 180 valence electrons. The average molecular weight is 522 g/mol. The van der Waals surface area contributed by atoms with Gasteiger partial charge in [-0.05, 0) is 55.3 Å². The fourth-order valence-electron chi connectivity index (χ4n) is 3.33. The van der Waals surface area contributed by atoms with Gasteiger partial charge in [0.15, 0.2) is 5.78 Å². The molecule has 3 aromatic rings. The molecule has 0 bridgehead atoms. The Morgan fingerprint density at radius 1 is 0.824 bits per heavy atom. The number of ether oxygens (including phenoxy) is 1. The molecule has 0 atom stereocenters. The number of anilines is 1. The molecule has 0 aliphatic heterocycles. The van der Waals surface area contributed by atoms with Crippen LogP contribution in [0.4, 0.5) is 5.69 Å². The van der Waals surface area contributed by atoms with Crippen LogP contribution in [0.3, 0.4) is 0 Å². The molecule has 0 amide bonds. The van der Waals surface area contributed by atoms with E-state index in [4.69, 9.17) is 16.3 Å². The molecule has 0 heterocycles. The van der Waals surface area contributed by atoms with Crippen molar-refractivity contribution in [3.63, 3.8) is 0 Å². The van der Waals surface area contributed by atoms with Crippen LogP contribution in [0.2, 0.25) is 0 Å². The first-order valence-corrected chi connectivity index (χ1v) is 13.8. The Labute approximate surface area is 205 Å². The van der Waals surface area contributed by atoms with E-state index >= 15 is 0 Å². The summed E-state index contributed by atoms with van der Waals surface area (Å²) >= 11 is 5.70. The molecule has 7 nitrogen and oxygen atoms in total. The van der Waals surface area contributed by atoms with Crippen molar-refractivity contribution < 1.29 is 26.4 Å². The van der Waals surface area contributed by atoms with Crippen LogP contribution < -0.4 is 8.45 Å². The summed E-state index contributed by atoms with van der Waals surface area (Å²) in [6.07, 6.45) is 1.32. The van der Waals surface area contributed by atoms with E-state index in [-0.39, 0.29) is 39.0 Å². The highest BCUT2D eigenvalue weighted by Gasteiger charge is 2.37. The molecule has 0 spiro atoms. The van der Waals surface area contributed by atoms with E-state index in [9.17, 15) is 21.6 Å². The van der Waals surface area contributed by atoms with Crippen LogP contribution >= 0.6 is 11.6 Å². The maximum atomic E-state index is 13.6. The summed E-state index contributed by atoms with van der Waals surface area (Å²) in [6.45, 7) is 0. The van der Waals surface area contributed by atoms with Gasteiger partial charge < -0.3 is 4.74 Å². The lowest BCUT2D eigenvalue weighted by atomic mass is 10.0. The number of Topliss-reactive ketones (excluding diaryl/α,β-unsaturated/α-hetero) is 1. The molecule has 0 unspecified atom stereocenters. The largest absolute Gasteiger partial charge is 0.496 e. The van der Waals surface area contributed by atoms with Crippen LogP contribution in [0.15, 0.2) is 88.7 Å². The molecule has 34 heavy (non-hydrogen) atoms. The molecule has 0 aliphatic carbocycles. The molecule has 0 N–H and O–H groups in total. The number of carbonyl (C=O) groups excluding carboxylic acids is 1. The van der Waals surface area contributed by atoms with E-state index in [1.54, 1.807) is 12.1 Å². The highest BCUT2D eigenvalue weighted by atomic mass is 35.5. The van der Waals surface area contributed by atoms with E-state index in [0.717, 1.165) is 0 Å². The average Bonchev–Trinajstić information content (AvgIpc) is 2.85. The second-order valence-corrected chi connectivity index (χ2v) is 11.5. The molecule has 3 rings (SSSR count). The van der Waals surface area contributed by atoms with Crippen LogP contribution in [0, 0.1) is 0 Å². The number of benzene rings is 3. The Morgan fingerprint density at radius 2 is 1.35 bits per heavy atom. The van der Waals surface area contributed by atoms with Crippen molar-refractivity contribution in [3.05, 3.63) is 84.4 Å². The Kier molecular flexibility index (Phi) is 8.35. The number of methoxy groups -OCH3 is 1. The van der Waals surface area contributed by atoms with Crippen molar-refractivity contribution in [1.29, 1.82) is 0 Å². The smallest absolute Gasteiger partial charge is 0.277 e. The second kappa shape index (κ2) is 11.0. The number of hydrogen-bond acceptors (Lipinski definition) is 6. The predicted octanol–water partition coefficient (Wildman–Crippen LogP) is 4.87. The number of unbranched alkanes of at least 4 members (excludes halogenated alkanes) is 1. The molecule has 0 aromatic heterocycles. The molecule has 0 fully saturated rings. The van der Waals surface area contributed by atoms with Crippen LogP contribution in [0.5, 0.6) is 5.75 Å². The van der Waals surface area contributed by atoms with Gasteiger partial charge in [-0.1, -0.05) is 36.4 Å². The van der Waals surface area contributed by atoms with E-state index < -0.39 is 20.0 Å². The van der Waals surface area contributed by atoms with Crippen molar-refractivity contribution in [2.24, 2.45) is 0 Å². The molecular formula is C24H24ClNO6S2. The molecular weight excluding hydrogens is 498 g/mol. The molecule has 0 saturated carbocycles. The number of nitrogens with zero attached hydrogens (tertiary/aromatic N) is 1. The number of hydrogen-bond donors (Lipinski definition) is 0. The summed E-state index contributed by atoms with van der Waals surface area (Å²) in [5.74, 6) is 0.315. The SMILES string of the molecule is COc1ccc(N(S(=O)(=O)c2ccccc2)S(=O)(=O)c2ccccc2)cc1C(=O)CCCCCl. The number of alkyl halides is 1. The maximum Gasteiger partial charge on any atom is 0.277 e. The summed E-state index contributed by atoms with van der Waals surface area (Å²) in [5.41, 5.74) is -0.111. The summed E-state index contributed by atoms with van der Waals surface area (Å²) in [4.78, 5) is 12.5. The fraction of sp³-hybridized carbons (Fsp3) is 0.208. The van der Waals surface area contributed by atoms with Crippen LogP contribution in [0.25, 0.3) is 0 Å². The van der Waals surface area contributed by atoms with Gasteiger partial charge in [0.1, 0.15) is 5.75 Å². The van der Waals surface area contributed by atoms with E-state index in [2.05, 4.69) is 0 Å². The maximum absolute atomic E-state index is 13.6. The van der Waals surface area contributed by atoms with Crippen molar-refractivity contribution in [2.45, 2.75) is 29.1 Å². The van der Waals surface area contributed by atoms with Crippen molar-refractivity contribution >= 4 is 43.1 Å². The Hall–Kier alpha value is -2.88. The van der Waals surface area contributed by atoms with E-state index in [1.165, 1.54) is 73.8 Å². The minimum absolute atomic E-state index is 0.0890. The van der Waals surface area contributed by atoms with Crippen molar-refractivity contribution in [1.82, 2.24) is 0 Å². The summed E-state index contributed by atoms with van der Waals surface area (Å²) in [7, 11) is -7.76. The zero-order valence-electron chi connectivity index (χ0n) is 18.4. The predicted molar refractivity (Wildman–Crippen MR) is 132 cm³/mol. The van der Waals surface area contributed by atoms with Crippen molar-refractivity contribution in [2.75, 3.05) is 16.7 Å². The van der Waals surface area contributed by atoms with Crippen LogP contribution in [-0.4, -0.2) is 35.6 Å². The standard InChI is InChI=1S/C24H24ClNO6S2/c1-32-24-16-15-19(18-22(24)23(27)14-8-9-17-25)26(33(28,29)20-10-4-2-5-11-20)34(30,31)21-12-6-3-7-13-21/h2-7,10-13,15-16,18H,8-9,14,17H2,1H3. The minimum Gasteiger partial charge on any atom is -0.496 e. The quantitative estimate of drug-likeness (QED) is 0.203. The highest BCUT2D eigenvalue weighted by molar-refractivity contribution is 8.10. The third kappa shape index (κ3) is 5.43. The van der Waals surface area contributed by atoms with Gasteiger partial charge in [0.05, 0.1) is 28.2 Å². The summed E-state index contributed by atoms with van der Waals surface area (Å²) in [5, 5.41) is 0. The van der Waals surface area contributed by atoms with Gasteiger partial charge in [0.25, 0.3) is 20.0 Å². The van der Waals surface area contributed by atoms with Gasteiger partial charge in [-0.15, -0.1) is 11.6 Å². The van der Waals surface area contributed by atoms with Gasteiger partial charge >= 0.3 is 0 Å². The number of halogens is 1. The zero-order valence-corrected chi connectivity index (χ0v) is 20.8. The van der Waals surface area contributed by atoms with Crippen LogP contribution in [-0.2, 0) is 20.0 Å². The first-order valence-electron chi connectivity index (χ1n) is 10.4. The van der Waals surface area contributed by atoms with E-state index in [0.29, 0.717) is 22.4 Å². The Balaban J connectivity index is 2.22. The van der Waals surface area contributed by atoms with Crippen molar-refractivity contribution in [3.8, 4) is 5.75 Å². The topological polar surface area (TPSA) is 97.8 Å². The summed E-state index contributed by atoms with van der Waals surface area (Å²) < 4.78 is 60.1. The van der Waals surface area contributed by atoms with E-state index in [1.807, 2.05) is 0 Å². The third-order valence-corrected chi connectivity index (χ3v) is 9.48. The normalized spacial score (nSPS) is 11.7. The molecule has 3 aromatic carbocycles. The molecule has 0 aliphatic rings. The lowest BCUT2D eigenvalue weighted by molar-refractivity contribution is 0.0977. The summed E-state index contributed by atoms with van der Waals surface area (Å²) in [6, 6.07) is 18.4. The number of sulfonamides is 2. The second-order valence-electron chi connectivity index (χ2n) is 7.29. The molecule has 0 saturated heterocycles. The molecule has 0 radical (unpaired) electrons. The third-order valence-electron chi connectivity index (χ3n) is 5.00.